The third-order valence-electron chi connectivity index (χ3n) is 3.67. The first-order chi connectivity index (χ1) is 12.1. The number of nitrogens with one attached hydrogen (secondary N) is 1. The minimum atomic E-state index is -0.297. The molecule has 1 aromatic carbocycles. The maximum absolute atomic E-state index is 13.5. The molecule has 0 aliphatic heterocycles. The SMILES string of the molecule is O=C(CCc1ccccc1F)NCc1ccc(C(=O)c2ccco2)s1. The van der Waals surface area contributed by atoms with E-state index in [4.69, 9.17) is 4.42 Å². The Kier molecular flexibility index (Phi) is 5.40. The highest BCUT2D eigenvalue weighted by Gasteiger charge is 2.14. The largest absolute Gasteiger partial charge is 0.461 e. The van der Waals surface area contributed by atoms with E-state index in [1.807, 2.05) is 0 Å². The number of hydrogen-bond donors (Lipinski definition) is 1. The van der Waals surface area contributed by atoms with Gasteiger partial charge < -0.3 is 9.73 Å². The third-order valence-corrected chi connectivity index (χ3v) is 4.75. The predicted octanol–water partition coefficient (Wildman–Crippen LogP) is 3.96. The molecule has 0 aliphatic carbocycles. The summed E-state index contributed by atoms with van der Waals surface area (Å²) in [6, 6.07) is 13.2. The summed E-state index contributed by atoms with van der Waals surface area (Å²) >= 11 is 1.31. The van der Waals surface area contributed by atoms with Gasteiger partial charge in [-0.05, 0) is 42.3 Å². The van der Waals surface area contributed by atoms with Gasteiger partial charge >= 0.3 is 0 Å². The second-order valence-corrected chi connectivity index (χ2v) is 6.61. The smallest absolute Gasteiger partial charge is 0.238 e. The summed E-state index contributed by atoms with van der Waals surface area (Å²) in [5.41, 5.74) is 0.528. The third kappa shape index (κ3) is 4.42. The van der Waals surface area contributed by atoms with E-state index >= 15 is 0 Å². The summed E-state index contributed by atoms with van der Waals surface area (Å²) in [5.74, 6) is -0.334. The van der Waals surface area contributed by atoms with E-state index in [0.29, 0.717) is 29.2 Å². The molecule has 3 rings (SSSR count). The lowest BCUT2D eigenvalue weighted by molar-refractivity contribution is -0.121. The Morgan fingerprint density at radius 3 is 2.68 bits per heavy atom. The highest BCUT2D eigenvalue weighted by atomic mass is 32.1. The van der Waals surface area contributed by atoms with Crippen molar-refractivity contribution < 1.29 is 18.4 Å². The number of thiophene rings is 1. The lowest BCUT2D eigenvalue weighted by Crippen LogP contribution is -2.22. The first-order valence-corrected chi connectivity index (χ1v) is 8.62. The molecule has 0 saturated carbocycles. The number of hydrogen-bond acceptors (Lipinski definition) is 4. The van der Waals surface area contributed by atoms with Crippen LogP contribution in [-0.2, 0) is 17.8 Å². The molecule has 6 heteroatoms. The molecular formula is C19H16FNO3S. The maximum Gasteiger partial charge on any atom is 0.238 e. The summed E-state index contributed by atoms with van der Waals surface area (Å²) in [6.45, 7) is 0.339. The van der Waals surface area contributed by atoms with Gasteiger partial charge in [0.2, 0.25) is 11.7 Å². The lowest BCUT2D eigenvalue weighted by atomic mass is 10.1. The van der Waals surface area contributed by atoms with Crippen LogP contribution in [0.4, 0.5) is 4.39 Å². The Morgan fingerprint density at radius 2 is 1.92 bits per heavy atom. The van der Waals surface area contributed by atoms with Gasteiger partial charge in [0.05, 0.1) is 17.7 Å². The van der Waals surface area contributed by atoms with E-state index in [9.17, 15) is 14.0 Å². The number of amides is 1. The van der Waals surface area contributed by atoms with E-state index in [2.05, 4.69) is 5.32 Å². The van der Waals surface area contributed by atoms with Crippen LogP contribution in [0.2, 0.25) is 0 Å². The fourth-order valence-electron chi connectivity index (χ4n) is 2.35. The lowest BCUT2D eigenvalue weighted by Gasteiger charge is -2.04. The molecule has 0 spiro atoms. The molecule has 25 heavy (non-hydrogen) atoms. The second-order valence-electron chi connectivity index (χ2n) is 5.44. The molecule has 0 aliphatic rings. The van der Waals surface area contributed by atoms with E-state index in [0.717, 1.165) is 4.88 Å². The zero-order chi connectivity index (χ0) is 17.6. The Hall–Kier alpha value is -2.73. The van der Waals surface area contributed by atoms with Gasteiger partial charge in [-0.15, -0.1) is 11.3 Å². The molecule has 2 aromatic heterocycles. The number of benzene rings is 1. The summed E-state index contributed by atoms with van der Waals surface area (Å²) in [6.07, 6.45) is 2.02. The van der Waals surface area contributed by atoms with Gasteiger partial charge in [0, 0.05) is 11.3 Å². The zero-order valence-electron chi connectivity index (χ0n) is 13.3. The van der Waals surface area contributed by atoms with Crippen molar-refractivity contribution in [3.05, 3.63) is 81.7 Å². The quantitative estimate of drug-likeness (QED) is 0.651. The van der Waals surface area contributed by atoms with Crippen molar-refractivity contribution in [1.82, 2.24) is 5.32 Å². The first kappa shape index (κ1) is 17.1. The van der Waals surface area contributed by atoms with Gasteiger partial charge in [-0.1, -0.05) is 18.2 Å². The number of aryl methyl sites for hydroxylation is 1. The Bertz CT molecular complexity index is 870. The molecule has 3 aromatic rings. The molecule has 0 radical (unpaired) electrons. The first-order valence-electron chi connectivity index (χ1n) is 7.80. The number of carbonyl (C=O) groups is 2. The zero-order valence-corrected chi connectivity index (χ0v) is 14.1. The van der Waals surface area contributed by atoms with Crippen molar-refractivity contribution in [2.75, 3.05) is 0 Å². The summed E-state index contributed by atoms with van der Waals surface area (Å²) < 4.78 is 18.6. The number of furan rings is 1. The van der Waals surface area contributed by atoms with Crippen molar-refractivity contribution in [3.8, 4) is 0 Å². The fraction of sp³-hybridized carbons (Fsp3) is 0.158. The molecule has 0 atom stereocenters. The Labute approximate surface area is 148 Å². The van der Waals surface area contributed by atoms with Crippen LogP contribution in [0.5, 0.6) is 0 Å². The van der Waals surface area contributed by atoms with Crippen LogP contribution in [-0.4, -0.2) is 11.7 Å². The van der Waals surface area contributed by atoms with E-state index < -0.39 is 0 Å². The van der Waals surface area contributed by atoms with Gasteiger partial charge in [0.1, 0.15) is 5.82 Å². The number of ketones is 1. The van der Waals surface area contributed by atoms with Crippen LogP contribution < -0.4 is 5.32 Å². The average Bonchev–Trinajstić information content (AvgIpc) is 3.30. The standard InChI is InChI=1S/C19H16FNO3S/c20-15-5-2-1-4-13(15)7-10-18(22)21-12-14-8-9-17(25-14)19(23)16-6-3-11-24-16/h1-6,8-9,11H,7,10,12H2,(H,21,22). The second kappa shape index (κ2) is 7.90. The monoisotopic (exact) mass is 357 g/mol. The maximum atomic E-state index is 13.5. The summed E-state index contributed by atoms with van der Waals surface area (Å²) in [5, 5.41) is 2.79. The van der Waals surface area contributed by atoms with E-state index in [1.54, 1.807) is 42.5 Å². The van der Waals surface area contributed by atoms with E-state index in [1.165, 1.54) is 23.7 Å². The number of rotatable bonds is 7. The van der Waals surface area contributed by atoms with Crippen molar-refractivity contribution in [2.45, 2.75) is 19.4 Å². The van der Waals surface area contributed by atoms with Crippen molar-refractivity contribution in [3.63, 3.8) is 0 Å². The van der Waals surface area contributed by atoms with Crippen LogP contribution in [0.3, 0.4) is 0 Å². The highest BCUT2D eigenvalue weighted by Crippen LogP contribution is 2.20. The topological polar surface area (TPSA) is 59.3 Å². The molecule has 0 bridgehead atoms. The van der Waals surface area contributed by atoms with Crippen LogP contribution >= 0.6 is 11.3 Å². The van der Waals surface area contributed by atoms with E-state index in [-0.39, 0.29) is 23.9 Å². The molecule has 128 valence electrons. The highest BCUT2D eigenvalue weighted by molar-refractivity contribution is 7.14. The summed E-state index contributed by atoms with van der Waals surface area (Å²) in [4.78, 5) is 25.5. The summed E-state index contributed by atoms with van der Waals surface area (Å²) in [7, 11) is 0. The number of carbonyl (C=O) groups excluding carboxylic acids is 2. The molecule has 0 saturated heterocycles. The average molecular weight is 357 g/mol. The van der Waals surface area contributed by atoms with Crippen molar-refractivity contribution in [2.24, 2.45) is 0 Å². The van der Waals surface area contributed by atoms with Crippen molar-refractivity contribution >= 4 is 23.0 Å². The molecular weight excluding hydrogens is 341 g/mol. The number of halogens is 1. The molecule has 4 nitrogen and oxygen atoms in total. The molecule has 0 unspecified atom stereocenters. The van der Waals surface area contributed by atoms with Gasteiger partial charge in [-0.3, -0.25) is 9.59 Å². The van der Waals surface area contributed by atoms with Crippen molar-refractivity contribution in [1.29, 1.82) is 0 Å². The normalized spacial score (nSPS) is 10.6. The molecule has 1 N–H and O–H groups in total. The minimum Gasteiger partial charge on any atom is -0.461 e. The Morgan fingerprint density at radius 1 is 1.08 bits per heavy atom. The van der Waals surface area contributed by atoms with Gasteiger partial charge in [0.25, 0.3) is 0 Å². The fourth-order valence-corrected chi connectivity index (χ4v) is 3.24. The van der Waals surface area contributed by atoms with Gasteiger partial charge in [0.15, 0.2) is 5.76 Å². The van der Waals surface area contributed by atoms with Crippen LogP contribution in [0, 0.1) is 5.82 Å². The predicted molar refractivity (Wildman–Crippen MR) is 93.0 cm³/mol. The Balaban J connectivity index is 1.49. The molecule has 2 heterocycles. The minimum absolute atomic E-state index is 0.157. The molecule has 1 amide bonds. The van der Waals surface area contributed by atoms with Crippen LogP contribution in [0.1, 0.15) is 32.3 Å². The van der Waals surface area contributed by atoms with Gasteiger partial charge in [-0.25, -0.2) is 4.39 Å². The van der Waals surface area contributed by atoms with Crippen LogP contribution in [0.25, 0.3) is 0 Å². The van der Waals surface area contributed by atoms with Crippen LogP contribution in [0.15, 0.2) is 59.2 Å². The molecule has 0 fully saturated rings. The van der Waals surface area contributed by atoms with Gasteiger partial charge in [-0.2, -0.15) is 0 Å².